The van der Waals surface area contributed by atoms with Crippen LogP contribution in [0.1, 0.15) is 37.2 Å². The van der Waals surface area contributed by atoms with Crippen molar-refractivity contribution in [3.05, 3.63) is 35.9 Å². The lowest BCUT2D eigenvalue weighted by Gasteiger charge is -2.35. The fourth-order valence-corrected chi connectivity index (χ4v) is 4.81. The van der Waals surface area contributed by atoms with E-state index in [1.165, 1.54) is 29.9 Å². The smallest absolute Gasteiger partial charge is 0.236 e. The maximum Gasteiger partial charge on any atom is 0.236 e. The van der Waals surface area contributed by atoms with Gasteiger partial charge in [-0.3, -0.25) is 9.69 Å². The van der Waals surface area contributed by atoms with E-state index in [1.54, 1.807) is 0 Å². The Bertz CT molecular complexity index is 493. The van der Waals surface area contributed by atoms with Crippen molar-refractivity contribution in [2.24, 2.45) is 0 Å². The highest BCUT2D eigenvalue weighted by Gasteiger charge is 2.26. The summed E-state index contributed by atoms with van der Waals surface area (Å²) in [7, 11) is 2.00. The highest BCUT2D eigenvalue weighted by Crippen LogP contribution is 2.28. The van der Waals surface area contributed by atoms with Gasteiger partial charge in [0.25, 0.3) is 0 Å². The van der Waals surface area contributed by atoms with Crippen LogP contribution in [0.15, 0.2) is 30.3 Å². The average Bonchev–Trinajstić information content (AvgIpc) is 2.63. The van der Waals surface area contributed by atoms with Gasteiger partial charge in [0.05, 0.1) is 6.54 Å². The molecule has 3 nitrogen and oxygen atoms in total. The van der Waals surface area contributed by atoms with E-state index in [1.807, 2.05) is 23.7 Å². The van der Waals surface area contributed by atoms with Crippen molar-refractivity contribution >= 4 is 17.7 Å². The predicted molar refractivity (Wildman–Crippen MR) is 98.0 cm³/mol. The van der Waals surface area contributed by atoms with Gasteiger partial charge in [-0.1, -0.05) is 30.3 Å². The standard InChI is InChI=1S/C19H28N2OS/c1-20(18-9-13-23-14-10-18)19(22)15-21-11-7-17(8-12-21)16-5-3-2-4-6-16/h2-6,17-18H,7-15H2,1H3. The molecule has 2 aliphatic rings. The van der Waals surface area contributed by atoms with Crippen LogP contribution >= 0.6 is 11.8 Å². The van der Waals surface area contributed by atoms with Crippen LogP contribution in [0, 0.1) is 0 Å². The van der Waals surface area contributed by atoms with Crippen LogP contribution in [-0.4, -0.2) is 59.9 Å². The van der Waals surface area contributed by atoms with Crippen LogP contribution in [0.3, 0.4) is 0 Å². The topological polar surface area (TPSA) is 23.6 Å². The lowest BCUT2D eigenvalue weighted by Crippen LogP contribution is -2.46. The molecule has 23 heavy (non-hydrogen) atoms. The molecule has 3 rings (SSSR count). The molecule has 0 aromatic heterocycles. The van der Waals surface area contributed by atoms with Crippen LogP contribution in [0.4, 0.5) is 0 Å². The molecule has 0 bridgehead atoms. The number of piperidine rings is 1. The number of hydrogen-bond donors (Lipinski definition) is 0. The van der Waals surface area contributed by atoms with E-state index < -0.39 is 0 Å². The van der Waals surface area contributed by atoms with Crippen molar-refractivity contribution in [2.75, 3.05) is 38.2 Å². The minimum atomic E-state index is 0.306. The van der Waals surface area contributed by atoms with Crippen LogP contribution in [-0.2, 0) is 4.79 Å². The second-order valence-corrected chi connectivity index (χ2v) is 8.03. The van der Waals surface area contributed by atoms with E-state index in [0.29, 0.717) is 24.4 Å². The summed E-state index contributed by atoms with van der Waals surface area (Å²) in [6, 6.07) is 11.3. The van der Waals surface area contributed by atoms with Gasteiger partial charge in [0.1, 0.15) is 0 Å². The summed E-state index contributed by atoms with van der Waals surface area (Å²) >= 11 is 2.01. The van der Waals surface area contributed by atoms with Crippen molar-refractivity contribution in [1.29, 1.82) is 0 Å². The maximum atomic E-state index is 12.5. The van der Waals surface area contributed by atoms with Gasteiger partial charge >= 0.3 is 0 Å². The molecule has 126 valence electrons. The van der Waals surface area contributed by atoms with Crippen molar-refractivity contribution in [3.8, 4) is 0 Å². The van der Waals surface area contributed by atoms with E-state index in [2.05, 4.69) is 35.2 Å². The number of thioether (sulfide) groups is 1. The molecule has 1 amide bonds. The molecule has 0 aliphatic carbocycles. The summed E-state index contributed by atoms with van der Waals surface area (Å²) in [5.41, 5.74) is 1.45. The quantitative estimate of drug-likeness (QED) is 0.846. The van der Waals surface area contributed by atoms with Crippen molar-refractivity contribution in [2.45, 2.75) is 37.6 Å². The van der Waals surface area contributed by atoms with Crippen LogP contribution < -0.4 is 0 Å². The minimum absolute atomic E-state index is 0.306. The summed E-state index contributed by atoms with van der Waals surface area (Å²) in [5, 5.41) is 0. The van der Waals surface area contributed by atoms with E-state index in [9.17, 15) is 4.79 Å². The van der Waals surface area contributed by atoms with Gasteiger partial charge in [-0.15, -0.1) is 0 Å². The molecule has 0 saturated carbocycles. The summed E-state index contributed by atoms with van der Waals surface area (Å²) in [6.07, 6.45) is 4.65. The number of hydrogen-bond acceptors (Lipinski definition) is 3. The number of carbonyl (C=O) groups excluding carboxylic acids is 1. The Morgan fingerprint density at radius 2 is 1.78 bits per heavy atom. The molecule has 2 fully saturated rings. The Labute approximate surface area is 144 Å². The summed E-state index contributed by atoms with van der Waals surface area (Å²) in [5.74, 6) is 3.37. The predicted octanol–water partition coefficient (Wildman–Crippen LogP) is 3.22. The van der Waals surface area contributed by atoms with Crippen molar-refractivity contribution < 1.29 is 4.79 Å². The summed E-state index contributed by atoms with van der Waals surface area (Å²) < 4.78 is 0. The second-order valence-electron chi connectivity index (χ2n) is 6.81. The zero-order valence-electron chi connectivity index (χ0n) is 14.1. The third-order valence-corrected chi connectivity index (χ3v) is 6.40. The van der Waals surface area contributed by atoms with Crippen molar-refractivity contribution in [1.82, 2.24) is 9.80 Å². The fourth-order valence-electron chi connectivity index (χ4n) is 3.73. The van der Waals surface area contributed by atoms with Crippen LogP contribution in [0.25, 0.3) is 0 Å². The average molecular weight is 333 g/mol. The molecular weight excluding hydrogens is 304 g/mol. The van der Waals surface area contributed by atoms with Gasteiger partial charge in [-0.25, -0.2) is 0 Å². The van der Waals surface area contributed by atoms with E-state index in [4.69, 9.17) is 0 Å². The Balaban J connectivity index is 1.45. The lowest BCUT2D eigenvalue weighted by atomic mass is 9.89. The van der Waals surface area contributed by atoms with Crippen LogP contribution in [0.2, 0.25) is 0 Å². The van der Waals surface area contributed by atoms with Gasteiger partial charge in [0.2, 0.25) is 5.91 Å². The van der Waals surface area contributed by atoms with E-state index in [-0.39, 0.29) is 0 Å². The largest absolute Gasteiger partial charge is 0.342 e. The van der Waals surface area contributed by atoms with E-state index in [0.717, 1.165) is 25.9 Å². The molecular formula is C19H28N2OS. The maximum absolute atomic E-state index is 12.5. The zero-order valence-corrected chi connectivity index (χ0v) is 14.9. The lowest BCUT2D eigenvalue weighted by molar-refractivity contribution is -0.133. The molecule has 0 spiro atoms. The van der Waals surface area contributed by atoms with Crippen molar-refractivity contribution in [3.63, 3.8) is 0 Å². The van der Waals surface area contributed by atoms with Gasteiger partial charge in [-0.2, -0.15) is 11.8 Å². The molecule has 1 aromatic carbocycles. The van der Waals surface area contributed by atoms with Gasteiger partial charge < -0.3 is 4.90 Å². The fraction of sp³-hybridized carbons (Fsp3) is 0.632. The first-order chi connectivity index (χ1) is 11.2. The summed E-state index contributed by atoms with van der Waals surface area (Å²) in [4.78, 5) is 16.9. The Hall–Kier alpha value is -1.00. The molecule has 0 unspecified atom stereocenters. The molecule has 0 radical (unpaired) electrons. The molecule has 0 atom stereocenters. The zero-order chi connectivity index (χ0) is 16.1. The van der Waals surface area contributed by atoms with E-state index >= 15 is 0 Å². The molecule has 2 heterocycles. The first-order valence-corrected chi connectivity index (χ1v) is 10.00. The Kier molecular flexibility index (Phi) is 6.01. The number of nitrogens with zero attached hydrogens (tertiary/aromatic N) is 2. The highest BCUT2D eigenvalue weighted by molar-refractivity contribution is 7.99. The van der Waals surface area contributed by atoms with Gasteiger partial charge in [0.15, 0.2) is 0 Å². The third-order valence-electron chi connectivity index (χ3n) is 5.35. The van der Waals surface area contributed by atoms with Crippen LogP contribution in [0.5, 0.6) is 0 Å². The van der Waals surface area contributed by atoms with Gasteiger partial charge in [-0.05, 0) is 61.8 Å². The SMILES string of the molecule is CN(C(=O)CN1CCC(c2ccccc2)CC1)C1CCSCC1. The number of amides is 1. The first-order valence-electron chi connectivity index (χ1n) is 8.85. The first kappa shape index (κ1) is 16.8. The second kappa shape index (κ2) is 8.20. The number of carbonyl (C=O) groups is 1. The number of benzene rings is 1. The monoisotopic (exact) mass is 332 g/mol. The number of likely N-dealkylation sites (N-methyl/N-ethyl adjacent to an activating group) is 1. The molecule has 4 heteroatoms. The number of rotatable bonds is 4. The molecule has 1 aromatic rings. The summed E-state index contributed by atoms with van der Waals surface area (Å²) in [6.45, 7) is 2.68. The molecule has 2 saturated heterocycles. The minimum Gasteiger partial charge on any atom is -0.342 e. The normalized spacial score (nSPS) is 21.3. The highest BCUT2D eigenvalue weighted by atomic mass is 32.2. The van der Waals surface area contributed by atoms with Gasteiger partial charge in [0, 0.05) is 13.1 Å². The Morgan fingerprint density at radius 3 is 2.43 bits per heavy atom. The Morgan fingerprint density at radius 1 is 1.13 bits per heavy atom. The third kappa shape index (κ3) is 4.51. The number of likely N-dealkylation sites (tertiary alicyclic amines) is 1. The molecule has 0 N–H and O–H groups in total. The molecule has 2 aliphatic heterocycles.